The van der Waals surface area contributed by atoms with E-state index >= 15 is 0 Å². The highest BCUT2D eigenvalue weighted by Gasteiger charge is 2.13. The number of amides is 1. The molecule has 7 heteroatoms. The lowest BCUT2D eigenvalue weighted by molar-refractivity contribution is -0.136. The van der Waals surface area contributed by atoms with Gasteiger partial charge in [-0.25, -0.2) is 4.98 Å². The van der Waals surface area contributed by atoms with Gasteiger partial charge in [0.2, 0.25) is 5.91 Å². The van der Waals surface area contributed by atoms with E-state index in [1.165, 1.54) is 23.1 Å². The van der Waals surface area contributed by atoms with Gasteiger partial charge in [-0.3, -0.25) is 9.59 Å². The molecule has 5 nitrogen and oxygen atoms in total. The number of hydrogen-bond donors (Lipinski definition) is 2. The van der Waals surface area contributed by atoms with E-state index in [2.05, 4.69) is 10.3 Å². The SMILES string of the molecule is CCC(CC)NC(=O)CSc1nc(C)c(CC(=O)O)s1. The largest absolute Gasteiger partial charge is 0.481 e. The van der Waals surface area contributed by atoms with E-state index in [9.17, 15) is 9.59 Å². The standard InChI is InChI=1S/C13H20N2O3S2/c1-4-9(5-2)15-11(16)7-19-13-14-8(3)10(20-13)6-12(17)18/h9H,4-7H2,1-3H3,(H,15,16)(H,17,18). The molecule has 0 aliphatic heterocycles. The maximum Gasteiger partial charge on any atom is 0.308 e. The van der Waals surface area contributed by atoms with Crippen LogP contribution >= 0.6 is 23.1 Å². The molecule has 1 heterocycles. The number of nitrogens with one attached hydrogen (secondary N) is 1. The second kappa shape index (κ2) is 8.26. The molecule has 0 spiro atoms. The summed E-state index contributed by atoms with van der Waals surface area (Å²) in [6.07, 6.45) is 1.84. The van der Waals surface area contributed by atoms with Gasteiger partial charge >= 0.3 is 5.97 Å². The van der Waals surface area contributed by atoms with Gasteiger partial charge in [0.15, 0.2) is 4.34 Å². The molecule has 0 saturated heterocycles. The molecule has 0 bridgehead atoms. The Morgan fingerprint density at radius 3 is 2.60 bits per heavy atom. The summed E-state index contributed by atoms with van der Waals surface area (Å²) in [5, 5.41) is 11.7. The Kier molecular flexibility index (Phi) is 7.01. The number of carboxylic acid groups (broad SMARTS) is 1. The number of thiazole rings is 1. The molecule has 1 aromatic heterocycles. The van der Waals surface area contributed by atoms with Crippen molar-refractivity contribution in [2.75, 3.05) is 5.75 Å². The lowest BCUT2D eigenvalue weighted by Crippen LogP contribution is -2.34. The second-order valence-electron chi connectivity index (χ2n) is 4.43. The van der Waals surface area contributed by atoms with Crippen LogP contribution in [-0.2, 0) is 16.0 Å². The highest BCUT2D eigenvalue weighted by molar-refractivity contribution is 8.01. The van der Waals surface area contributed by atoms with Gasteiger partial charge in [0.05, 0.1) is 17.9 Å². The molecule has 0 aromatic carbocycles. The van der Waals surface area contributed by atoms with Gasteiger partial charge in [-0.1, -0.05) is 25.6 Å². The van der Waals surface area contributed by atoms with Crippen LogP contribution in [0.3, 0.4) is 0 Å². The molecule has 2 N–H and O–H groups in total. The molecule has 112 valence electrons. The van der Waals surface area contributed by atoms with Gasteiger partial charge in [0.1, 0.15) is 0 Å². The third kappa shape index (κ3) is 5.50. The zero-order chi connectivity index (χ0) is 15.1. The quantitative estimate of drug-likeness (QED) is 0.720. The van der Waals surface area contributed by atoms with Crippen molar-refractivity contribution in [2.24, 2.45) is 0 Å². The predicted octanol–water partition coefficient (Wildman–Crippen LogP) is 2.48. The lowest BCUT2D eigenvalue weighted by Gasteiger charge is -2.13. The van der Waals surface area contributed by atoms with E-state index in [4.69, 9.17) is 5.11 Å². The van der Waals surface area contributed by atoms with Crippen molar-refractivity contribution in [3.05, 3.63) is 10.6 Å². The first-order valence-electron chi connectivity index (χ1n) is 6.56. The average molecular weight is 316 g/mol. The number of rotatable bonds is 8. The average Bonchev–Trinajstić information content (AvgIpc) is 2.73. The lowest BCUT2D eigenvalue weighted by atomic mass is 10.2. The van der Waals surface area contributed by atoms with Crippen LogP contribution in [0.25, 0.3) is 0 Å². The highest BCUT2D eigenvalue weighted by Crippen LogP contribution is 2.27. The molecule has 0 saturated carbocycles. The van der Waals surface area contributed by atoms with Crippen molar-refractivity contribution in [3.8, 4) is 0 Å². The van der Waals surface area contributed by atoms with Crippen LogP contribution in [0.15, 0.2) is 4.34 Å². The van der Waals surface area contributed by atoms with Crippen LogP contribution in [0.2, 0.25) is 0 Å². The van der Waals surface area contributed by atoms with Crippen LogP contribution in [0.1, 0.15) is 37.3 Å². The molecule has 1 amide bonds. The van der Waals surface area contributed by atoms with Gasteiger partial charge in [0.25, 0.3) is 0 Å². The molecular weight excluding hydrogens is 296 g/mol. The number of aromatic nitrogens is 1. The smallest absolute Gasteiger partial charge is 0.308 e. The van der Waals surface area contributed by atoms with E-state index in [0.29, 0.717) is 5.75 Å². The number of carbonyl (C=O) groups is 2. The van der Waals surface area contributed by atoms with E-state index in [0.717, 1.165) is 27.8 Å². The molecule has 0 unspecified atom stereocenters. The fraction of sp³-hybridized carbons (Fsp3) is 0.615. The predicted molar refractivity (Wildman–Crippen MR) is 81.4 cm³/mol. The zero-order valence-corrected chi connectivity index (χ0v) is 13.6. The maximum atomic E-state index is 11.8. The van der Waals surface area contributed by atoms with Crippen LogP contribution in [0.4, 0.5) is 0 Å². The fourth-order valence-corrected chi connectivity index (χ4v) is 3.69. The van der Waals surface area contributed by atoms with Crippen molar-refractivity contribution >= 4 is 35.0 Å². The maximum absolute atomic E-state index is 11.8. The Bertz CT molecular complexity index is 470. The summed E-state index contributed by atoms with van der Waals surface area (Å²) in [7, 11) is 0. The summed E-state index contributed by atoms with van der Waals surface area (Å²) in [6, 6.07) is 0.226. The highest BCUT2D eigenvalue weighted by atomic mass is 32.2. The second-order valence-corrected chi connectivity index (χ2v) is 6.73. The zero-order valence-electron chi connectivity index (χ0n) is 11.9. The van der Waals surface area contributed by atoms with Crippen LogP contribution in [0.5, 0.6) is 0 Å². The van der Waals surface area contributed by atoms with Crippen molar-refractivity contribution in [1.29, 1.82) is 0 Å². The summed E-state index contributed by atoms with van der Waals surface area (Å²) in [5.41, 5.74) is 0.736. The number of carbonyl (C=O) groups excluding carboxylic acids is 1. The molecule has 0 aliphatic rings. The molecule has 0 aliphatic carbocycles. The molecule has 0 atom stereocenters. The van der Waals surface area contributed by atoms with Crippen molar-refractivity contribution in [1.82, 2.24) is 10.3 Å². The molecular formula is C13H20N2O3S2. The number of aliphatic carboxylic acids is 1. The Hall–Kier alpha value is -1.08. The van der Waals surface area contributed by atoms with Gasteiger partial charge in [-0.2, -0.15) is 0 Å². The monoisotopic (exact) mass is 316 g/mol. The third-order valence-electron chi connectivity index (χ3n) is 2.86. The number of thioether (sulfide) groups is 1. The van der Waals surface area contributed by atoms with Crippen molar-refractivity contribution < 1.29 is 14.7 Å². The van der Waals surface area contributed by atoms with Crippen molar-refractivity contribution in [3.63, 3.8) is 0 Å². The van der Waals surface area contributed by atoms with Gasteiger partial charge in [0, 0.05) is 10.9 Å². The number of carboxylic acids is 1. The summed E-state index contributed by atoms with van der Waals surface area (Å²) in [6.45, 7) is 5.89. The van der Waals surface area contributed by atoms with Gasteiger partial charge in [-0.15, -0.1) is 11.3 Å². The first kappa shape index (κ1) is 17.0. The Morgan fingerprint density at radius 1 is 1.40 bits per heavy atom. The van der Waals surface area contributed by atoms with E-state index in [1.807, 2.05) is 13.8 Å². The minimum Gasteiger partial charge on any atom is -0.481 e. The Morgan fingerprint density at radius 2 is 2.05 bits per heavy atom. The molecule has 20 heavy (non-hydrogen) atoms. The number of aryl methyl sites for hydroxylation is 1. The fourth-order valence-electron chi connectivity index (χ4n) is 1.65. The van der Waals surface area contributed by atoms with Crippen LogP contribution in [-0.4, -0.2) is 33.8 Å². The van der Waals surface area contributed by atoms with Gasteiger partial charge in [-0.05, 0) is 19.8 Å². The van der Waals surface area contributed by atoms with Crippen molar-refractivity contribution in [2.45, 2.75) is 50.4 Å². The van der Waals surface area contributed by atoms with Gasteiger partial charge < -0.3 is 10.4 Å². The minimum atomic E-state index is -0.861. The minimum absolute atomic E-state index is 0.00339. The number of nitrogens with zero attached hydrogens (tertiary/aromatic N) is 1. The van der Waals surface area contributed by atoms with Crippen LogP contribution < -0.4 is 5.32 Å². The molecule has 0 radical (unpaired) electrons. The van der Waals surface area contributed by atoms with E-state index in [-0.39, 0.29) is 18.4 Å². The summed E-state index contributed by atoms with van der Waals surface area (Å²) in [5.74, 6) is -0.549. The van der Waals surface area contributed by atoms with Crippen LogP contribution in [0, 0.1) is 6.92 Å². The van der Waals surface area contributed by atoms with E-state index in [1.54, 1.807) is 6.92 Å². The van der Waals surface area contributed by atoms with E-state index < -0.39 is 5.97 Å². The normalized spacial score (nSPS) is 10.8. The first-order valence-corrected chi connectivity index (χ1v) is 8.36. The summed E-state index contributed by atoms with van der Waals surface area (Å²) in [4.78, 5) is 27.5. The summed E-state index contributed by atoms with van der Waals surface area (Å²) < 4.78 is 0.749. The molecule has 1 rings (SSSR count). The Labute approximate surface area is 127 Å². The number of hydrogen-bond acceptors (Lipinski definition) is 5. The molecule has 0 fully saturated rings. The topological polar surface area (TPSA) is 79.3 Å². The Balaban J connectivity index is 2.49. The summed E-state index contributed by atoms with van der Waals surface area (Å²) >= 11 is 2.71. The third-order valence-corrected chi connectivity index (χ3v) is 5.16. The first-order chi connectivity index (χ1) is 9.46. The molecule has 1 aromatic rings.